The number of carbonyl (C=O) groups excluding carboxylic acids is 2. The molecular weight excluding hydrogens is 456 g/mol. The molecule has 1 aliphatic rings. The molecule has 3 aromatic rings. The van der Waals surface area contributed by atoms with E-state index in [0.717, 1.165) is 22.2 Å². The van der Waals surface area contributed by atoms with Crippen LogP contribution in [-0.2, 0) is 17.9 Å². The minimum atomic E-state index is -0.530. The number of hydrogen-bond donors (Lipinski definition) is 0. The van der Waals surface area contributed by atoms with Gasteiger partial charge in [0.1, 0.15) is 6.61 Å². The van der Waals surface area contributed by atoms with Crippen LogP contribution in [0.25, 0.3) is 6.08 Å². The Kier molecular flexibility index (Phi) is 6.93. The van der Waals surface area contributed by atoms with Crippen LogP contribution in [0.5, 0.6) is 11.5 Å². The van der Waals surface area contributed by atoms with Crippen LogP contribution < -0.4 is 9.47 Å². The van der Waals surface area contributed by atoms with Crippen LogP contribution in [-0.4, -0.2) is 28.1 Å². The fourth-order valence-electron chi connectivity index (χ4n) is 3.41. The summed E-state index contributed by atoms with van der Waals surface area (Å²) in [6.07, 6.45) is 1.59. The standard InChI is InChI=1S/C25H20N2O6S/c1-32-22-13-18(11-12-21(22)33-16-17-7-3-2-4-8-17)14-23-24(28)26(25(29)34-23)15-19-9-5-6-10-20(19)27(30)31/h2-14H,15-16H2,1H3. The van der Waals surface area contributed by atoms with Crippen LogP contribution in [0.3, 0.4) is 0 Å². The van der Waals surface area contributed by atoms with E-state index in [-0.39, 0.29) is 22.7 Å². The van der Waals surface area contributed by atoms with Crippen LogP contribution in [0.15, 0.2) is 77.7 Å². The normalized spacial score (nSPS) is 14.5. The molecule has 0 atom stereocenters. The lowest BCUT2D eigenvalue weighted by atomic mass is 10.1. The molecule has 172 valence electrons. The highest BCUT2D eigenvalue weighted by atomic mass is 32.2. The highest BCUT2D eigenvalue weighted by molar-refractivity contribution is 8.18. The van der Waals surface area contributed by atoms with Crippen molar-refractivity contribution >= 4 is 34.7 Å². The molecule has 1 aliphatic heterocycles. The first-order chi connectivity index (χ1) is 16.5. The Hall–Kier alpha value is -4.11. The van der Waals surface area contributed by atoms with E-state index in [0.29, 0.717) is 23.7 Å². The molecule has 0 aliphatic carbocycles. The summed E-state index contributed by atoms with van der Waals surface area (Å²) in [6, 6.07) is 21.0. The van der Waals surface area contributed by atoms with Crippen molar-refractivity contribution in [3.8, 4) is 11.5 Å². The van der Waals surface area contributed by atoms with Gasteiger partial charge in [-0.25, -0.2) is 0 Å². The van der Waals surface area contributed by atoms with Crippen LogP contribution in [0.1, 0.15) is 16.7 Å². The van der Waals surface area contributed by atoms with Gasteiger partial charge in [0.25, 0.3) is 16.8 Å². The van der Waals surface area contributed by atoms with Gasteiger partial charge in [-0.3, -0.25) is 24.6 Å². The number of thioether (sulfide) groups is 1. The summed E-state index contributed by atoms with van der Waals surface area (Å²) in [5.74, 6) is 0.535. The summed E-state index contributed by atoms with van der Waals surface area (Å²) in [5, 5.41) is 10.8. The Balaban J connectivity index is 1.51. The molecule has 0 unspecified atom stereocenters. The van der Waals surface area contributed by atoms with Gasteiger partial charge in [0.05, 0.1) is 23.5 Å². The number of para-hydroxylation sites is 1. The third-order valence-electron chi connectivity index (χ3n) is 5.11. The topological polar surface area (TPSA) is 99.0 Å². The number of benzene rings is 3. The van der Waals surface area contributed by atoms with Crippen LogP contribution in [0.4, 0.5) is 10.5 Å². The summed E-state index contributed by atoms with van der Waals surface area (Å²) < 4.78 is 11.3. The van der Waals surface area contributed by atoms with Crippen molar-refractivity contribution in [2.75, 3.05) is 7.11 Å². The number of nitrogens with zero attached hydrogens (tertiary/aromatic N) is 2. The molecule has 9 heteroatoms. The van der Waals surface area contributed by atoms with Crippen molar-refractivity contribution in [3.05, 3.63) is 105 Å². The van der Waals surface area contributed by atoms with Gasteiger partial charge >= 0.3 is 0 Å². The van der Waals surface area contributed by atoms with Crippen LogP contribution in [0.2, 0.25) is 0 Å². The fraction of sp³-hybridized carbons (Fsp3) is 0.120. The number of rotatable bonds is 8. The van der Waals surface area contributed by atoms with Gasteiger partial charge in [-0.2, -0.15) is 0 Å². The zero-order chi connectivity index (χ0) is 24.1. The molecule has 8 nitrogen and oxygen atoms in total. The Morgan fingerprint density at radius 2 is 1.74 bits per heavy atom. The second kappa shape index (κ2) is 10.2. The van der Waals surface area contributed by atoms with E-state index in [1.165, 1.54) is 25.3 Å². The molecule has 0 saturated carbocycles. The van der Waals surface area contributed by atoms with Gasteiger partial charge in [0, 0.05) is 11.6 Å². The maximum absolute atomic E-state index is 12.9. The molecule has 0 bridgehead atoms. The summed E-state index contributed by atoms with van der Waals surface area (Å²) in [4.78, 5) is 37.3. The van der Waals surface area contributed by atoms with Crippen LogP contribution in [0, 0.1) is 10.1 Å². The molecule has 1 heterocycles. The number of amides is 2. The minimum Gasteiger partial charge on any atom is -0.493 e. The number of ether oxygens (including phenoxy) is 2. The first-order valence-electron chi connectivity index (χ1n) is 10.3. The Labute approximate surface area is 199 Å². The third-order valence-corrected chi connectivity index (χ3v) is 6.02. The van der Waals surface area contributed by atoms with E-state index >= 15 is 0 Å². The fourth-order valence-corrected chi connectivity index (χ4v) is 4.25. The van der Waals surface area contributed by atoms with Gasteiger partial charge in [0.2, 0.25) is 0 Å². The smallest absolute Gasteiger partial charge is 0.293 e. The average molecular weight is 477 g/mol. The van der Waals surface area contributed by atoms with Crippen molar-refractivity contribution in [2.45, 2.75) is 13.2 Å². The van der Waals surface area contributed by atoms with Crippen molar-refractivity contribution in [1.82, 2.24) is 4.90 Å². The third kappa shape index (κ3) is 5.10. The molecule has 34 heavy (non-hydrogen) atoms. The number of methoxy groups -OCH3 is 1. The number of nitro groups is 1. The number of imide groups is 1. The maximum Gasteiger partial charge on any atom is 0.293 e. The molecule has 0 N–H and O–H groups in total. The monoisotopic (exact) mass is 476 g/mol. The summed E-state index contributed by atoms with van der Waals surface area (Å²) in [7, 11) is 1.52. The number of carbonyl (C=O) groups is 2. The van der Waals surface area contributed by atoms with E-state index in [1.807, 2.05) is 30.3 Å². The van der Waals surface area contributed by atoms with Gasteiger partial charge in [-0.05, 0) is 41.1 Å². The van der Waals surface area contributed by atoms with E-state index in [9.17, 15) is 19.7 Å². The Bertz CT molecular complexity index is 1280. The maximum atomic E-state index is 12.9. The van der Waals surface area contributed by atoms with E-state index in [4.69, 9.17) is 9.47 Å². The van der Waals surface area contributed by atoms with E-state index < -0.39 is 16.1 Å². The van der Waals surface area contributed by atoms with Crippen molar-refractivity contribution in [3.63, 3.8) is 0 Å². The van der Waals surface area contributed by atoms with Crippen molar-refractivity contribution in [2.24, 2.45) is 0 Å². The quantitative estimate of drug-likeness (QED) is 0.243. The first kappa shape index (κ1) is 23.1. The SMILES string of the molecule is COc1cc(C=C2SC(=O)N(Cc3ccccc3[N+](=O)[O-])C2=O)ccc1OCc1ccccc1. The van der Waals surface area contributed by atoms with E-state index in [1.54, 1.807) is 30.3 Å². The molecule has 1 fully saturated rings. The molecule has 2 amide bonds. The zero-order valence-electron chi connectivity index (χ0n) is 18.2. The first-order valence-corrected chi connectivity index (χ1v) is 11.1. The van der Waals surface area contributed by atoms with E-state index in [2.05, 4.69) is 0 Å². The van der Waals surface area contributed by atoms with Crippen molar-refractivity contribution in [1.29, 1.82) is 0 Å². The van der Waals surface area contributed by atoms with Gasteiger partial charge in [-0.1, -0.05) is 54.6 Å². The van der Waals surface area contributed by atoms with Gasteiger partial charge in [-0.15, -0.1) is 0 Å². The highest BCUT2D eigenvalue weighted by Gasteiger charge is 2.36. The van der Waals surface area contributed by atoms with Gasteiger partial charge in [0.15, 0.2) is 11.5 Å². The van der Waals surface area contributed by atoms with Crippen LogP contribution >= 0.6 is 11.8 Å². The summed E-state index contributed by atoms with van der Waals surface area (Å²) in [5.41, 5.74) is 1.82. The molecule has 3 aromatic carbocycles. The predicted octanol–water partition coefficient (Wildman–Crippen LogP) is 5.42. The number of hydrogen-bond acceptors (Lipinski definition) is 7. The Morgan fingerprint density at radius 3 is 2.47 bits per heavy atom. The average Bonchev–Trinajstić information content (AvgIpc) is 3.11. The summed E-state index contributed by atoms with van der Waals surface area (Å²) in [6.45, 7) is 0.204. The minimum absolute atomic E-state index is 0.138. The molecule has 4 rings (SSSR count). The largest absolute Gasteiger partial charge is 0.493 e. The van der Waals surface area contributed by atoms with Crippen molar-refractivity contribution < 1.29 is 24.0 Å². The molecule has 1 saturated heterocycles. The second-order valence-corrected chi connectivity index (χ2v) is 8.33. The second-order valence-electron chi connectivity index (χ2n) is 7.34. The lowest BCUT2D eigenvalue weighted by Gasteiger charge is -2.12. The molecule has 0 aromatic heterocycles. The molecule has 0 radical (unpaired) electrons. The lowest BCUT2D eigenvalue weighted by molar-refractivity contribution is -0.385. The van der Waals surface area contributed by atoms with Gasteiger partial charge < -0.3 is 9.47 Å². The molecular formula is C25H20N2O6S. The number of nitro benzene ring substituents is 1. The predicted molar refractivity (Wildman–Crippen MR) is 128 cm³/mol. The lowest BCUT2D eigenvalue weighted by Crippen LogP contribution is -2.27. The summed E-state index contributed by atoms with van der Waals surface area (Å²) >= 11 is 0.792. The Morgan fingerprint density at radius 1 is 1.00 bits per heavy atom. The molecule has 0 spiro atoms. The highest BCUT2D eigenvalue weighted by Crippen LogP contribution is 2.36. The zero-order valence-corrected chi connectivity index (χ0v) is 19.0.